The Bertz CT molecular complexity index is 387. The van der Waals surface area contributed by atoms with Gasteiger partial charge < -0.3 is 10.1 Å². The van der Waals surface area contributed by atoms with E-state index in [0.717, 1.165) is 18.4 Å². The summed E-state index contributed by atoms with van der Waals surface area (Å²) < 4.78 is 4.93. The number of methoxy groups -OCH3 is 1. The molecule has 1 N–H and O–H groups in total. The van der Waals surface area contributed by atoms with Gasteiger partial charge in [0.2, 0.25) is 0 Å². The van der Waals surface area contributed by atoms with Crippen LogP contribution in [0.25, 0.3) is 0 Å². The second-order valence-electron chi connectivity index (χ2n) is 4.36. The fourth-order valence-corrected chi connectivity index (χ4v) is 3.35. The number of carbonyl (C=O) groups excluding carboxylic acids is 1. The highest BCUT2D eigenvalue weighted by atomic mass is 32.1. The van der Waals surface area contributed by atoms with Crippen LogP contribution in [0.1, 0.15) is 40.1 Å². The number of thiophene rings is 1. The zero-order valence-corrected chi connectivity index (χ0v) is 11.1. The second kappa shape index (κ2) is 6.17. The largest absolute Gasteiger partial charge is 0.383 e. The third-order valence-corrected chi connectivity index (χ3v) is 4.24. The molecule has 4 heteroatoms. The van der Waals surface area contributed by atoms with E-state index < -0.39 is 0 Å². The van der Waals surface area contributed by atoms with E-state index in [1.165, 1.54) is 29.7 Å². The molecular formula is C13H19NO2S. The van der Waals surface area contributed by atoms with Crippen molar-refractivity contribution < 1.29 is 9.53 Å². The highest BCUT2D eigenvalue weighted by molar-refractivity contribution is 7.10. The van der Waals surface area contributed by atoms with Crippen LogP contribution < -0.4 is 5.32 Å². The maximum Gasteiger partial charge on any atom is 0.252 e. The van der Waals surface area contributed by atoms with Crippen molar-refractivity contribution in [1.82, 2.24) is 5.32 Å². The molecule has 0 spiro atoms. The van der Waals surface area contributed by atoms with E-state index in [4.69, 9.17) is 4.74 Å². The van der Waals surface area contributed by atoms with Gasteiger partial charge in [0.15, 0.2) is 0 Å². The summed E-state index contributed by atoms with van der Waals surface area (Å²) in [5.41, 5.74) is 2.19. The standard InChI is InChI=1S/C13H19NO2S/c1-16-8-7-14-13(15)11-9-17-12-6-4-2-3-5-10(11)12/h9H,2-8H2,1H3,(H,14,15). The Labute approximate surface area is 106 Å². The Morgan fingerprint density at radius 3 is 3.06 bits per heavy atom. The second-order valence-corrected chi connectivity index (χ2v) is 5.32. The van der Waals surface area contributed by atoms with E-state index in [2.05, 4.69) is 5.32 Å². The van der Waals surface area contributed by atoms with Crippen LogP contribution in [0.5, 0.6) is 0 Å². The molecule has 1 amide bonds. The maximum absolute atomic E-state index is 12.0. The first-order valence-electron chi connectivity index (χ1n) is 6.19. The van der Waals surface area contributed by atoms with E-state index in [1.807, 2.05) is 5.38 Å². The molecule has 1 aromatic rings. The van der Waals surface area contributed by atoms with Crippen molar-refractivity contribution >= 4 is 17.2 Å². The van der Waals surface area contributed by atoms with Gasteiger partial charge >= 0.3 is 0 Å². The number of carbonyl (C=O) groups is 1. The quantitative estimate of drug-likeness (QED) is 0.661. The van der Waals surface area contributed by atoms with Crippen molar-refractivity contribution in [2.75, 3.05) is 20.3 Å². The molecule has 0 radical (unpaired) electrons. The molecule has 0 aliphatic heterocycles. The Balaban J connectivity index is 2.05. The van der Waals surface area contributed by atoms with Crippen LogP contribution in [-0.4, -0.2) is 26.2 Å². The van der Waals surface area contributed by atoms with Gasteiger partial charge in [-0.05, 0) is 31.2 Å². The van der Waals surface area contributed by atoms with Crippen LogP contribution in [0, 0.1) is 0 Å². The van der Waals surface area contributed by atoms with Crippen molar-refractivity contribution in [2.45, 2.75) is 32.1 Å². The third-order valence-electron chi connectivity index (χ3n) is 3.15. The molecule has 0 aromatic carbocycles. The van der Waals surface area contributed by atoms with Crippen molar-refractivity contribution in [3.8, 4) is 0 Å². The summed E-state index contributed by atoms with van der Waals surface area (Å²) in [5, 5.41) is 4.91. The number of rotatable bonds is 4. The molecule has 1 aromatic heterocycles. The number of fused-ring (bicyclic) bond motifs is 1. The third kappa shape index (κ3) is 3.07. The highest BCUT2D eigenvalue weighted by Gasteiger charge is 2.18. The van der Waals surface area contributed by atoms with Gasteiger partial charge in [-0.2, -0.15) is 0 Å². The molecule has 1 heterocycles. The Kier molecular flexibility index (Phi) is 4.57. The summed E-state index contributed by atoms with van der Waals surface area (Å²) in [6, 6.07) is 0. The van der Waals surface area contributed by atoms with E-state index in [1.54, 1.807) is 18.4 Å². The van der Waals surface area contributed by atoms with E-state index in [9.17, 15) is 4.79 Å². The minimum atomic E-state index is 0.0569. The molecule has 0 bridgehead atoms. The average Bonchev–Trinajstić information content (AvgIpc) is 2.59. The monoisotopic (exact) mass is 253 g/mol. The Hall–Kier alpha value is -0.870. The molecule has 0 fully saturated rings. The fraction of sp³-hybridized carbons (Fsp3) is 0.615. The van der Waals surface area contributed by atoms with Crippen molar-refractivity contribution in [2.24, 2.45) is 0 Å². The summed E-state index contributed by atoms with van der Waals surface area (Å²) >= 11 is 1.74. The molecule has 0 saturated heterocycles. The van der Waals surface area contributed by atoms with Gasteiger partial charge in [0.1, 0.15) is 0 Å². The van der Waals surface area contributed by atoms with E-state index in [0.29, 0.717) is 13.2 Å². The van der Waals surface area contributed by atoms with Crippen LogP contribution in [0.3, 0.4) is 0 Å². The van der Waals surface area contributed by atoms with Crippen LogP contribution in [0.2, 0.25) is 0 Å². The van der Waals surface area contributed by atoms with Gasteiger partial charge in [-0.15, -0.1) is 11.3 Å². The number of hydrogen-bond donors (Lipinski definition) is 1. The minimum Gasteiger partial charge on any atom is -0.383 e. The van der Waals surface area contributed by atoms with Gasteiger partial charge in [-0.3, -0.25) is 4.79 Å². The lowest BCUT2D eigenvalue weighted by atomic mass is 10.1. The van der Waals surface area contributed by atoms with Crippen LogP contribution in [-0.2, 0) is 17.6 Å². The first-order chi connectivity index (χ1) is 8.33. The number of ether oxygens (including phenoxy) is 1. The lowest BCUT2D eigenvalue weighted by Crippen LogP contribution is -2.27. The first kappa shape index (κ1) is 12.6. The minimum absolute atomic E-state index is 0.0569. The van der Waals surface area contributed by atoms with Crippen LogP contribution >= 0.6 is 11.3 Å². The summed E-state index contributed by atoms with van der Waals surface area (Å²) in [6.45, 7) is 1.15. The maximum atomic E-state index is 12.0. The molecule has 94 valence electrons. The molecule has 1 aliphatic rings. The van der Waals surface area contributed by atoms with Gasteiger partial charge in [0.05, 0.1) is 12.2 Å². The van der Waals surface area contributed by atoms with Crippen LogP contribution in [0.15, 0.2) is 5.38 Å². The lowest BCUT2D eigenvalue weighted by Gasteiger charge is -2.06. The average molecular weight is 253 g/mol. The fourth-order valence-electron chi connectivity index (χ4n) is 2.22. The molecule has 2 rings (SSSR count). The summed E-state index contributed by atoms with van der Waals surface area (Å²) in [7, 11) is 1.64. The number of nitrogens with one attached hydrogen (secondary N) is 1. The molecular weight excluding hydrogens is 234 g/mol. The molecule has 0 atom stereocenters. The zero-order chi connectivity index (χ0) is 12.1. The van der Waals surface area contributed by atoms with Gasteiger partial charge in [0, 0.05) is 23.9 Å². The predicted molar refractivity (Wildman–Crippen MR) is 69.8 cm³/mol. The van der Waals surface area contributed by atoms with Gasteiger partial charge in [-0.1, -0.05) is 6.42 Å². The normalized spacial score (nSPS) is 15.1. The highest BCUT2D eigenvalue weighted by Crippen LogP contribution is 2.29. The SMILES string of the molecule is COCCNC(=O)c1csc2c1CCCCC2. The first-order valence-corrected chi connectivity index (χ1v) is 7.07. The lowest BCUT2D eigenvalue weighted by molar-refractivity contribution is 0.0936. The van der Waals surface area contributed by atoms with Gasteiger partial charge in [0.25, 0.3) is 5.91 Å². The van der Waals surface area contributed by atoms with Crippen LogP contribution in [0.4, 0.5) is 0 Å². The zero-order valence-electron chi connectivity index (χ0n) is 10.3. The van der Waals surface area contributed by atoms with E-state index >= 15 is 0 Å². The molecule has 1 aliphatic carbocycles. The predicted octanol–water partition coefficient (Wildman–Crippen LogP) is 2.39. The van der Waals surface area contributed by atoms with Crippen molar-refractivity contribution in [3.63, 3.8) is 0 Å². The summed E-state index contributed by atoms with van der Waals surface area (Å²) in [6.07, 6.45) is 5.96. The van der Waals surface area contributed by atoms with Crippen molar-refractivity contribution in [1.29, 1.82) is 0 Å². The van der Waals surface area contributed by atoms with Gasteiger partial charge in [-0.25, -0.2) is 0 Å². The number of hydrogen-bond acceptors (Lipinski definition) is 3. The van der Waals surface area contributed by atoms with E-state index in [-0.39, 0.29) is 5.91 Å². The van der Waals surface area contributed by atoms with Crippen molar-refractivity contribution in [3.05, 3.63) is 21.4 Å². The number of amides is 1. The number of aryl methyl sites for hydroxylation is 1. The molecule has 0 unspecified atom stereocenters. The Morgan fingerprint density at radius 2 is 2.24 bits per heavy atom. The smallest absolute Gasteiger partial charge is 0.252 e. The molecule has 3 nitrogen and oxygen atoms in total. The molecule has 17 heavy (non-hydrogen) atoms. The summed E-state index contributed by atoms with van der Waals surface area (Å²) in [4.78, 5) is 13.4. The summed E-state index contributed by atoms with van der Waals surface area (Å²) in [5.74, 6) is 0.0569. The molecule has 0 saturated carbocycles. The topological polar surface area (TPSA) is 38.3 Å². The Morgan fingerprint density at radius 1 is 1.41 bits per heavy atom.